The Bertz CT molecular complexity index is 728. The van der Waals surface area contributed by atoms with Crippen molar-refractivity contribution in [2.75, 3.05) is 0 Å². The Kier molecular flexibility index (Phi) is 14.1. The third-order valence-corrected chi connectivity index (χ3v) is 4.66. The van der Waals surface area contributed by atoms with Gasteiger partial charge >= 0.3 is 5.97 Å². The second kappa shape index (κ2) is 16.3. The Balaban J connectivity index is 2.08. The molecule has 0 bridgehead atoms. The molecule has 0 radical (unpaired) electrons. The van der Waals surface area contributed by atoms with Crippen LogP contribution in [0.5, 0.6) is 0 Å². The maximum atomic E-state index is 13.5. The SMILES string of the molecule is CCCC/C=C/C=C/C=C\CCCCCCCC(=O)OCc1c(F)c(F)cc(F)c1F. The number of rotatable bonds is 15. The highest BCUT2D eigenvalue weighted by molar-refractivity contribution is 5.69. The number of halogens is 4. The first-order valence-corrected chi connectivity index (χ1v) is 10.9. The average Bonchev–Trinajstić information content (AvgIpc) is 2.75. The lowest BCUT2D eigenvalue weighted by Gasteiger charge is -2.08. The summed E-state index contributed by atoms with van der Waals surface area (Å²) in [5.41, 5.74) is -0.915. The standard InChI is InChI=1S/C25H32F4O2/c1-2-3-4-5-6-7-8-9-10-11-12-13-14-15-16-17-23(30)31-19-20-24(28)21(26)18-22(27)25(20)29/h5-10,18H,2-4,11-17,19H2,1H3/b6-5+,8-7+,10-9-. The molecule has 0 atom stereocenters. The number of esters is 1. The molecule has 0 aliphatic rings. The van der Waals surface area contributed by atoms with Crippen molar-refractivity contribution >= 4 is 5.97 Å². The van der Waals surface area contributed by atoms with Gasteiger partial charge < -0.3 is 4.74 Å². The molecule has 0 spiro atoms. The number of hydrogen-bond donors (Lipinski definition) is 0. The first-order valence-electron chi connectivity index (χ1n) is 10.9. The van der Waals surface area contributed by atoms with Gasteiger partial charge in [0.05, 0.1) is 5.56 Å². The van der Waals surface area contributed by atoms with E-state index in [0.717, 1.165) is 38.5 Å². The van der Waals surface area contributed by atoms with Crippen molar-refractivity contribution in [1.82, 2.24) is 0 Å². The van der Waals surface area contributed by atoms with E-state index in [1.54, 1.807) is 0 Å². The first kappa shape index (κ1) is 26.7. The largest absolute Gasteiger partial charge is 0.461 e. The van der Waals surface area contributed by atoms with Crippen LogP contribution >= 0.6 is 0 Å². The normalized spacial score (nSPS) is 11.9. The molecular formula is C25H32F4O2. The maximum Gasteiger partial charge on any atom is 0.306 e. The molecule has 31 heavy (non-hydrogen) atoms. The van der Waals surface area contributed by atoms with E-state index < -0.39 is 41.4 Å². The van der Waals surface area contributed by atoms with Crippen molar-refractivity contribution in [3.8, 4) is 0 Å². The molecule has 172 valence electrons. The van der Waals surface area contributed by atoms with Crippen molar-refractivity contribution in [2.24, 2.45) is 0 Å². The highest BCUT2D eigenvalue weighted by Gasteiger charge is 2.20. The molecule has 0 amide bonds. The van der Waals surface area contributed by atoms with E-state index in [1.807, 2.05) is 18.2 Å². The smallest absolute Gasteiger partial charge is 0.306 e. The minimum atomic E-state index is -1.54. The van der Waals surface area contributed by atoms with E-state index >= 15 is 0 Å². The topological polar surface area (TPSA) is 26.3 Å². The zero-order valence-electron chi connectivity index (χ0n) is 18.1. The Morgan fingerprint density at radius 1 is 0.806 bits per heavy atom. The predicted molar refractivity (Wildman–Crippen MR) is 115 cm³/mol. The molecule has 1 aromatic rings. The van der Waals surface area contributed by atoms with Crippen LogP contribution in [0.1, 0.15) is 76.7 Å². The van der Waals surface area contributed by atoms with Crippen LogP contribution in [0.4, 0.5) is 17.6 Å². The fourth-order valence-corrected chi connectivity index (χ4v) is 2.84. The minimum Gasteiger partial charge on any atom is -0.461 e. The molecular weight excluding hydrogens is 408 g/mol. The molecule has 0 fully saturated rings. The van der Waals surface area contributed by atoms with Gasteiger partial charge in [-0.3, -0.25) is 4.79 Å². The van der Waals surface area contributed by atoms with Crippen LogP contribution in [0.2, 0.25) is 0 Å². The van der Waals surface area contributed by atoms with Crippen LogP contribution in [0, 0.1) is 23.3 Å². The molecule has 0 heterocycles. The lowest BCUT2D eigenvalue weighted by Crippen LogP contribution is -2.09. The van der Waals surface area contributed by atoms with Crippen molar-refractivity contribution in [3.63, 3.8) is 0 Å². The van der Waals surface area contributed by atoms with Crippen LogP contribution in [-0.2, 0) is 16.1 Å². The van der Waals surface area contributed by atoms with E-state index in [-0.39, 0.29) is 12.5 Å². The summed E-state index contributed by atoms with van der Waals surface area (Å²) in [7, 11) is 0. The van der Waals surface area contributed by atoms with Gasteiger partial charge in [-0.2, -0.15) is 0 Å². The Hall–Kier alpha value is -2.37. The van der Waals surface area contributed by atoms with E-state index in [1.165, 1.54) is 12.8 Å². The van der Waals surface area contributed by atoms with E-state index in [0.29, 0.717) is 6.42 Å². The summed E-state index contributed by atoms with van der Waals surface area (Å²) in [6, 6.07) is 0.120. The maximum absolute atomic E-state index is 13.5. The van der Waals surface area contributed by atoms with Gasteiger partial charge in [0.2, 0.25) is 0 Å². The lowest BCUT2D eigenvalue weighted by atomic mass is 10.1. The van der Waals surface area contributed by atoms with Crippen LogP contribution in [0.3, 0.4) is 0 Å². The van der Waals surface area contributed by atoms with E-state index in [9.17, 15) is 22.4 Å². The number of benzene rings is 1. The highest BCUT2D eigenvalue weighted by atomic mass is 19.2. The summed E-state index contributed by atoms with van der Waals surface area (Å²) in [6.07, 6.45) is 21.6. The Morgan fingerprint density at radius 3 is 1.97 bits per heavy atom. The molecule has 0 aromatic heterocycles. The van der Waals surface area contributed by atoms with Crippen LogP contribution < -0.4 is 0 Å². The summed E-state index contributed by atoms with van der Waals surface area (Å²) >= 11 is 0. The summed E-state index contributed by atoms with van der Waals surface area (Å²) in [4.78, 5) is 11.7. The predicted octanol–water partition coefficient (Wildman–Crippen LogP) is 7.88. The second-order valence-electron chi connectivity index (χ2n) is 7.30. The summed E-state index contributed by atoms with van der Waals surface area (Å²) in [5.74, 6) is -6.77. The molecule has 0 saturated heterocycles. The minimum absolute atomic E-state index is 0.0947. The van der Waals surface area contributed by atoms with Crippen molar-refractivity contribution in [3.05, 3.63) is 71.4 Å². The van der Waals surface area contributed by atoms with Crippen LogP contribution in [0.25, 0.3) is 0 Å². The van der Waals surface area contributed by atoms with E-state index in [2.05, 4.69) is 25.2 Å². The van der Waals surface area contributed by atoms with Crippen molar-refractivity contribution in [2.45, 2.75) is 77.7 Å². The molecule has 0 N–H and O–H groups in total. The van der Waals surface area contributed by atoms with Gasteiger partial charge in [0.25, 0.3) is 0 Å². The third kappa shape index (κ3) is 11.6. The Labute approximate surface area is 182 Å². The number of allylic oxidation sites excluding steroid dienone is 6. The summed E-state index contributed by atoms with van der Waals surface area (Å²) in [5, 5.41) is 0. The summed E-state index contributed by atoms with van der Waals surface area (Å²) in [6.45, 7) is 1.34. The lowest BCUT2D eigenvalue weighted by molar-refractivity contribution is -0.145. The number of ether oxygens (including phenoxy) is 1. The number of unbranched alkanes of at least 4 members (excludes halogenated alkanes) is 7. The van der Waals surface area contributed by atoms with Gasteiger partial charge in [0.1, 0.15) is 6.61 Å². The monoisotopic (exact) mass is 440 g/mol. The zero-order chi connectivity index (χ0) is 22.9. The number of carbonyl (C=O) groups is 1. The number of carbonyl (C=O) groups excluding carboxylic acids is 1. The van der Waals surface area contributed by atoms with Gasteiger partial charge in [-0.25, -0.2) is 17.6 Å². The summed E-state index contributed by atoms with van der Waals surface area (Å²) < 4.78 is 58.0. The molecule has 2 nitrogen and oxygen atoms in total. The van der Waals surface area contributed by atoms with Crippen molar-refractivity contribution in [1.29, 1.82) is 0 Å². The van der Waals surface area contributed by atoms with Crippen LogP contribution in [0.15, 0.2) is 42.5 Å². The van der Waals surface area contributed by atoms with Gasteiger partial charge in [-0.05, 0) is 25.7 Å². The van der Waals surface area contributed by atoms with Gasteiger partial charge in [0.15, 0.2) is 23.3 Å². The van der Waals surface area contributed by atoms with Crippen LogP contribution in [-0.4, -0.2) is 5.97 Å². The number of hydrogen-bond acceptors (Lipinski definition) is 2. The fourth-order valence-electron chi connectivity index (χ4n) is 2.84. The second-order valence-corrected chi connectivity index (χ2v) is 7.30. The quantitative estimate of drug-likeness (QED) is 0.0912. The molecule has 1 rings (SSSR count). The van der Waals surface area contributed by atoms with E-state index in [4.69, 9.17) is 4.74 Å². The fraction of sp³-hybridized carbons (Fsp3) is 0.480. The van der Waals surface area contributed by atoms with Gasteiger partial charge in [-0.15, -0.1) is 0 Å². The third-order valence-electron chi connectivity index (χ3n) is 4.66. The average molecular weight is 441 g/mol. The zero-order valence-corrected chi connectivity index (χ0v) is 18.1. The van der Waals surface area contributed by atoms with Crippen molar-refractivity contribution < 1.29 is 27.1 Å². The first-order chi connectivity index (χ1) is 15.0. The molecule has 6 heteroatoms. The molecule has 0 saturated carbocycles. The molecule has 1 aromatic carbocycles. The molecule has 0 aliphatic carbocycles. The Morgan fingerprint density at radius 2 is 1.35 bits per heavy atom. The highest BCUT2D eigenvalue weighted by Crippen LogP contribution is 2.20. The van der Waals surface area contributed by atoms with Gasteiger partial charge in [0, 0.05) is 12.5 Å². The van der Waals surface area contributed by atoms with Gasteiger partial charge in [-0.1, -0.05) is 75.5 Å². The molecule has 0 unspecified atom stereocenters. The molecule has 0 aliphatic heterocycles.